The number of ether oxygens (including phenoxy) is 2. The number of benzene rings is 8. The van der Waals surface area contributed by atoms with Crippen LogP contribution in [0.5, 0.6) is 0 Å². The summed E-state index contributed by atoms with van der Waals surface area (Å²) in [5.74, 6) is -0.908. The van der Waals surface area contributed by atoms with Crippen LogP contribution in [0.25, 0.3) is 11.1 Å². The number of halogens is 1. The molecule has 0 bridgehead atoms. The molecule has 0 unspecified atom stereocenters. The number of rotatable bonds is 15. The van der Waals surface area contributed by atoms with Gasteiger partial charge in [-0.25, -0.2) is 26.8 Å². The maximum absolute atomic E-state index is 15.3. The van der Waals surface area contributed by atoms with Gasteiger partial charge in [-0.1, -0.05) is 145 Å². The van der Waals surface area contributed by atoms with Gasteiger partial charge in [0.2, 0.25) is 11.8 Å². The molecule has 4 heterocycles. The SMILES string of the molecule is N#Cc1ccc2c(c1)CN(CCS(=O)(=O)c1ccc(-c3ccc(C4=N[C@]5(Cc6ccccc6)C(=O)N(CCS(=O)(=O)c6ccccc6)Cc6cc(Cl)ccc6[C@@H]5O4)cc3)cc1)C(=O)[C@@]1(Cc3ccccc3)N=C(c3ccccc3)O[C@@H]21. The van der Waals surface area contributed by atoms with Gasteiger partial charge in [0.15, 0.2) is 43.0 Å². The van der Waals surface area contributed by atoms with E-state index in [1.165, 1.54) is 4.90 Å². The Morgan fingerprint density at radius 1 is 0.506 bits per heavy atom. The maximum Gasteiger partial charge on any atom is 0.255 e. The van der Waals surface area contributed by atoms with Crippen molar-refractivity contribution in [3.8, 4) is 17.2 Å². The smallest absolute Gasteiger partial charge is 0.255 e. The molecule has 13 nitrogen and oxygen atoms in total. The third-order valence-corrected chi connectivity index (χ3v) is 19.3. The molecule has 0 saturated heterocycles. The molecule has 81 heavy (non-hydrogen) atoms. The van der Waals surface area contributed by atoms with Gasteiger partial charge in [0, 0.05) is 66.3 Å². The molecule has 8 aromatic carbocycles. The number of hydrogen-bond donors (Lipinski definition) is 0. The second-order valence-corrected chi connectivity index (χ2v) is 25.4. The van der Waals surface area contributed by atoms with E-state index in [1.807, 2.05) is 127 Å². The zero-order chi connectivity index (χ0) is 55.9. The van der Waals surface area contributed by atoms with Crippen molar-refractivity contribution in [3.05, 3.63) is 261 Å². The van der Waals surface area contributed by atoms with Crippen LogP contribution < -0.4 is 0 Å². The van der Waals surface area contributed by atoms with Crippen molar-refractivity contribution in [2.75, 3.05) is 24.6 Å². The van der Waals surface area contributed by atoms with E-state index >= 15 is 9.59 Å². The van der Waals surface area contributed by atoms with Gasteiger partial charge in [0.25, 0.3) is 11.8 Å². The van der Waals surface area contributed by atoms with Crippen molar-refractivity contribution in [1.82, 2.24) is 9.80 Å². The monoisotopic (exact) mass is 1130 g/mol. The first-order valence-electron chi connectivity index (χ1n) is 26.5. The average Bonchev–Trinajstić information content (AvgIpc) is 3.24. The van der Waals surface area contributed by atoms with Gasteiger partial charge >= 0.3 is 0 Å². The lowest BCUT2D eigenvalue weighted by molar-refractivity contribution is -0.140. The van der Waals surface area contributed by atoms with E-state index in [0.717, 1.165) is 33.4 Å². The first-order valence-corrected chi connectivity index (χ1v) is 30.2. The van der Waals surface area contributed by atoms with Crippen molar-refractivity contribution >= 4 is 54.9 Å². The standard InChI is InChI=1S/C65H52ClN5O8S2/c66-53-28-32-57-52(38-53)43-71(33-35-80(74,75)54-19-11-4-12-20-54)63(73)65(40-45-15-7-2-8-16-45)59(57)79-61(69-65)50-24-22-47(23-25-50)48-26-29-55(30-27-48)81(76,77)36-34-70-42-51-37-46(41-67)21-31-56(51)58-64(62(70)72,39-44-13-5-1-6-14-44)68-60(78-58)49-17-9-3-10-18-49/h1-32,37-38,58-59H,33-36,39-40,42-43H2/t58-,59-,64-,65-/m0/s1. The normalized spacial score (nSPS) is 20.2. The van der Waals surface area contributed by atoms with Crippen LogP contribution in [0.4, 0.5) is 0 Å². The fourth-order valence-electron chi connectivity index (χ4n) is 11.5. The average molecular weight is 1130 g/mol. The number of carbonyl (C=O) groups is 2. The van der Waals surface area contributed by atoms with Gasteiger partial charge in [-0.05, 0) is 106 Å². The number of nitriles is 1. The summed E-state index contributed by atoms with van der Waals surface area (Å²) in [5, 5.41) is 10.4. The van der Waals surface area contributed by atoms with Crippen LogP contribution in [0.2, 0.25) is 5.02 Å². The summed E-state index contributed by atoms with van der Waals surface area (Å²) >= 11 is 6.58. The highest BCUT2D eigenvalue weighted by molar-refractivity contribution is 7.91. The second-order valence-electron chi connectivity index (χ2n) is 20.7. The molecule has 404 valence electrons. The van der Waals surface area contributed by atoms with Gasteiger partial charge in [-0.2, -0.15) is 5.26 Å². The minimum absolute atomic E-state index is 0.0470. The number of amides is 2. The maximum atomic E-state index is 15.3. The minimum atomic E-state index is -3.97. The predicted molar refractivity (Wildman–Crippen MR) is 309 cm³/mol. The molecule has 0 radical (unpaired) electrons. The van der Waals surface area contributed by atoms with Crippen LogP contribution >= 0.6 is 11.6 Å². The molecule has 8 aromatic rings. The summed E-state index contributed by atoms with van der Waals surface area (Å²) in [6, 6.07) is 63.5. The minimum Gasteiger partial charge on any atom is -0.466 e. The molecule has 2 amide bonds. The van der Waals surface area contributed by atoms with E-state index in [2.05, 4.69) is 6.07 Å². The molecule has 4 atom stereocenters. The second kappa shape index (κ2) is 21.4. The number of hydrogen-bond acceptors (Lipinski definition) is 11. The van der Waals surface area contributed by atoms with Crippen LogP contribution in [0, 0.1) is 11.3 Å². The van der Waals surface area contributed by atoms with E-state index in [0.29, 0.717) is 38.7 Å². The summed E-state index contributed by atoms with van der Waals surface area (Å²) in [6.45, 7) is -0.101. The van der Waals surface area contributed by atoms with Gasteiger partial charge in [0.1, 0.15) is 0 Å². The first kappa shape index (κ1) is 53.0. The van der Waals surface area contributed by atoms with E-state index in [-0.39, 0.29) is 78.0 Å². The predicted octanol–water partition coefficient (Wildman–Crippen LogP) is 10.5. The lowest BCUT2D eigenvalue weighted by Gasteiger charge is -2.32. The quantitative estimate of drug-likeness (QED) is 0.0967. The molecule has 0 saturated carbocycles. The summed E-state index contributed by atoms with van der Waals surface area (Å²) in [7, 11) is -7.73. The van der Waals surface area contributed by atoms with Crippen molar-refractivity contribution < 1.29 is 35.9 Å². The molecule has 0 N–H and O–H groups in total. The lowest BCUT2D eigenvalue weighted by atomic mass is 9.81. The molecule has 0 spiro atoms. The number of nitrogens with zero attached hydrogens (tertiary/aromatic N) is 5. The van der Waals surface area contributed by atoms with Crippen molar-refractivity contribution in [1.29, 1.82) is 5.26 Å². The molecular weight excluding hydrogens is 1080 g/mol. The molecular formula is C65H52ClN5O8S2. The zero-order valence-electron chi connectivity index (χ0n) is 43.6. The van der Waals surface area contributed by atoms with Gasteiger partial charge in [-0.3, -0.25) is 9.59 Å². The molecule has 12 rings (SSSR count). The number of aliphatic imine (C=N–C) groups is 2. The Bertz CT molecular complexity index is 4070. The van der Waals surface area contributed by atoms with Gasteiger partial charge in [-0.15, -0.1) is 0 Å². The Kier molecular flexibility index (Phi) is 14.0. The fourth-order valence-corrected chi connectivity index (χ4v) is 14.2. The Balaban J connectivity index is 0.811. The van der Waals surface area contributed by atoms with Crippen LogP contribution in [-0.2, 0) is 64.7 Å². The zero-order valence-corrected chi connectivity index (χ0v) is 46.0. The van der Waals surface area contributed by atoms with Crippen LogP contribution in [0.1, 0.15) is 62.3 Å². The third kappa shape index (κ3) is 10.2. The highest BCUT2D eigenvalue weighted by Gasteiger charge is 2.58. The van der Waals surface area contributed by atoms with E-state index in [4.69, 9.17) is 31.1 Å². The van der Waals surface area contributed by atoms with Crippen LogP contribution in [0.15, 0.2) is 226 Å². The molecule has 4 aliphatic rings. The first-order chi connectivity index (χ1) is 39.2. The number of fused-ring (bicyclic) bond motifs is 6. The highest BCUT2D eigenvalue weighted by Crippen LogP contribution is 2.49. The third-order valence-electron chi connectivity index (χ3n) is 15.6. The highest BCUT2D eigenvalue weighted by atomic mass is 35.5. The Hall–Kier alpha value is -8.68. The van der Waals surface area contributed by atoms with Crippen molar-refractivity contribution in [2.24, 2.45) is 9.98 Å². The van der Waals surface area contributed by atoms with Crippen LogP contribution in [-0.4, -0.2) is 85.9 Å². The summed E-state index contributed by atoms with van der Waals surface area (Å²) in [5.41, 5.74) is 4.70. The molecule has 0 aliphatic carbocycles. The van der Waals surface area contributed by atoms with E-state index in [1.54, 1.807) is 83.8 Å². The van der Waals surface area contributed by atoms with E-state index in [9.17, 15) is 22.1 Å². The molecule has 0 aromatic heterocycles. The summed E-state index contributed by atoms with van der Waals surface area (Å²) < 4.78 is 69.3. The molecule has 16 heteroatoms. The topological polar surface area (TPSA) is 176 Å². The molecule has 4 aliphatic heterocycles. The van der Waals surface area contributed by atoms with Crippen molar-refractivity contribution in [2.45, 2.75) is 59.0 Å². The van der Waals surface area contributed by atoms with Gasteiger partial charge < -0.3 is 19.3 Å². The largest absolute Gasteiger partial charge is 0.466 e. The Labute approximate surface area is 475 Å². The number of carbonyl (C=O) groups excluding carboxylic acids is 2. The summed E-state index contributed by atoms with van der Waals surface area (Å²) in [4.78, 5) is 44.3. The number of sulfone groups is 2. The van der Waals surface area contributed by atoms with Crippen molar-refractivity contribution in [3.63, 3.8) is 0 Å². The Morgan fingerprint density at radius 3 is 1.41 bits per heavy atom. The lowest BCUT2D eigenvalue weighted by Crippen LogP contribution is -2.50. The Morgan fingerprint density at radius 2 is 0.914 bits per heavy atom. The van der Waals surface area contributed by atoms with Crippen LogP contribution in [0.3, 0.4) is 0 Å². The fraction of sp³-hybridized carbons (Fsp3) is 0.185. The molecule has 0 fully saturated rings. The van der Waals surface area contributed by atoms with Gasteiger partial charge in [0.05, 0.1) is 32.9 Å². The van der Waals surface area contributed by atoms with E-state index < -0.39 is 43.0 Å². The summed E-state index contributed by atoms with van der Waals surface area (Å²) in [6.07, 6.45) is -1.39.